The van der Waals surface area contributed by atoms with Crippen LogP contribution in [0.15, 0.2) is 35.6 Å². The zero-order valence-corrected chi connectivity index (χ0v) is 16.0. The lowest BCUT2D eigenvalue weighted by atomic mass is 10.00. The molecule has 0 aliphatic heterocycles. The van der Waals surface area contributed by atoms with Crippen molar-refractivity contribution in [3.8, 4) is 0 Å². The highest BCUT2D eigenvalue weighted by Gasteiger charge is 2.09. The van der Waals surface area contributed by atoms with Crippen LogP contribution in [0.5, 0.6) is 0 Å². The summed E-state index contributed by atoms with van der Waals surface area (Å²) < 4.78 is 1.88. The first kappa shape index (κ1) is 19.0. The Balaban J connectivity index is 2.01. The molecule has 2 N–H and O–H groups in total. The summed E-state index contributed by atoms with van der Waals surface area (Å²) in [6.45, 7) is 10.00. The van der Waals surface area contributed by atoms with Crippen molar-refractivity contribution < 1.29 is 0 Å². The summed E-state index contributed by atoms with van der Waals surface area (Å²) in [4.78, 5) is 4.61. The van der Waals surface area contributed by atoms with Crippen LogP contribution in [0.4, 0.5) is 0 Å². The fourth-order valence-electron chi connectivity index (χ4n) is 2.62. The molecule has 1 heterocycles. The monoisotopic (exact) mass is 342 g/mol. The van der Waals surface area contributed by atoms with E-state index in [1.807, 2.05) is 11.6 Å². The van der Waals surface area contributed by atoms with Crippen molar-refractivity contribution in [1.29, 1.82) is 0 Å². The van der Waals surface area contributed by atoms with Crippen LogP contribution in [0.25, 0.3) is 0 Å². The van der Waals surface area contributed by atoms with E-state index in [0.29, 0.717) is 12.5 Å². The Morgan fingerprint density at radius 1 is 1.20 bits per heavy atom. The third kappa shape index (κ3) is 5.89. The Labute approximate surface area is 150 Å². The highest BCUT2D eigenvalue weighted by atomic mass is 15.3. The van der Waals surface area contributed by atoms with E-state index in [4.69, 9.17) is 0 Å². The van der Waals surface area contributed by atoms with E-state index >= 15 is 0 Å². The van der Waals surface area contributed by atoms with Gasteiger partial charge in [0.2, 0.25) is 0 Å². The maximum absolute atomic E-state index is 4.61. The smallest absolute Gasteiger partial charge is 0.192 e. The number of nitrogens with one attached hydrogen (secondary N) is 2. The molecule has 1 atom stereocenters. The second-order valence-electron chi connectivity index (χ2n) is 6.76. The van der Waals surface area contributed by atoms with Crippen LogP contribution >= 0.6 is 0 Å². The summed E-state index contributed by atoms with van der Waals surface area (Å²) in [6.07, 6.45) is 2.80. The van der Waals surface area contributed by atoms with Crippen molar-refractivity contribution in [3.05, 3.63) is 47.5 Å². The summed E-state index contributed by atoms with van der Waals surface area (Å²) in [5, 5.41) is 14.7. The molecule has 1 aromatic carbocycles. The molecule has 0 aliphatic carbocycles. The van der Waals surface area contributed by atoms with Gasteiger partial charge in [0.25, 0.3) is 0 Å². The van der Waals surface area contributed by atoms with Gasteiger partial charge in [-0.15, -0.1) is 10.2 Å². The Hall–Kier alpha value is -2.37. The average molecular weight is 342 g/mol. The van der Waals surface area contributed by atoms with Crippen LogP contribution in [0.3, 0.4) is 0 Å². The summed E-state index contributed by atoms with van der Waals surface area (Å²) >= 11 is 0. The molecular weight excluding hydrogens is 312 g/mol. The number of aromatic nitrogens is 3. The zero-order chi connectivity index (χ0) is 18.2. The normalized spacial score (nSPS) is 13.1. The van der Waals surface area contributed by atoms with Gasteiger partial charge in [-0.3, -0.25) is 0 Å². The lowest BCUT2D eigenvalue weighted by Gasteiger charge is -2.18. The second-order valence-corrected chi connectivity index (χ2v) is 6.76. The molecule has 6 heteroatoms. The lowest BCUT2D eigenvalue weighted by Crippen LogP contribution is -2.38. The molecule has 1 unspecified atom stereocenters. The van der Waals surface area contributed by atoms with Gasteiger partial charge in [0.1, 0.15) is 12.9 Å². The first-order valence-corrected chi connectivity index (χ1v) is 8.96. The molecule has 0 aliphatic rings. The summed E-state index contributed by atoms with van der Waals surface area (Å²) in [7, 11) is 1.92. The minimum absolute atomic E-state index is 0.172. The van der Waals surface area contributed by atoms with Crippen molar-refractivity contribution >= 4 is 5.96 Å². The summed E-state index contributed by atoms with van der Waals surface area (Å²) in [6, 6.07) is 9.00. The van der Waals surface area contributed by atoms with Crippen molar-refractivity contribution in [1.82, 2.24) is 25.4 Å². The molecule has 0 radical (unpaired) electrons. The third-order valence-electron chi connectivity index (χ3n) is 4.00. The Kier molecular flexibility index (Phi) is 6.98. The van der Waals surface area contributed by atoms with Gasteiger partial charge in [-0.1, -0.05) is 38.1 Å². The van der Waals surface area contributed by atoms with E-state index in [1.165, 1.54) is 11.1 Å². The maximum Gasteiger partial charge on any atom is 0.192 e. The number of rotatable bonds is 7. The molecule has 0 fully saturated rings. The van der Waals surface area contributed by atoms with Crippen molar-refractivity contribution in [2.75, 3.05) is 6.54 Å². The van der Waals surface area contributed by atoms with Crippen molar-refractivity contribution in [2.24, 2.45) is 18.0 Å². The summed E-state index contributed by atoms with van der Waals surface area (Å²) in [5.74, 6) is 2.29. The van der Waals surface area contributed by atoms with Crippen LogP contribution in [0, 0.1) is 5.92 Å². The minimum atomic E-state index is 0.172. The highest BCUT2D eigenvalue weighted by molar-refractivity contribution is 5.80. The molecule has 136 valence electrons. The second kappa shape index (κ2) is 9.20. The highest BCUT2D eigenvalue weighted by Crippen LogP contribution is 2.15. The van der Waals surface area contributed by atoms with E-state index in [-0.39, 0.29) is 6.04 Å². The number of aliphatic imine (C=N–C) groups is 1. The molecular formula is C19H30N6. The van der Waals surface area contributed by atoms with E-state index in [2.05, 4.69) is 77.8 Å². The Morgan fingerprint density at radius 3 is 2.48 bits per heavy atom. The van der Waals surface area contributed by atoms with Gasteiger partial charge in [0.15, 0.2) is 11.8 Å². The third-order valence-corrected chi connectivity index (χ3v) is 4.00. The molecule has 0 bridgehead atoms. The van der Waals surface area contributed by atoms with Crippen LogP contribution in [-0.4, -0.2) is 27.3 Å². The van der Waals surface area contributed by atoms with Crippen LogP contribution in [0.2, 0.25) is 0 Å². The maximum atomic E-state index is 4.61. The van der Waals surface area contributed by atoms with Crippen LogP contribution < -0.4 is 10.6 Å². The molecule has 0 saturated carbocycles. The molecule has 1 aromatic heterocycles. The van der Waals surface area contributed by atoms with Gasteiger partial charge in [-0.2, -0.15) is 0 Å². The van der Waals surface area contributed by atoms with E-state index < -0.39 is 0 Å². The topological polar surface area (TPSA) is 67.1 Å². The predicted molar refractivity (Wildman–Crippen MR) is 102 cm³/mol. The summed E-state index contributed by atoms with van der Waals surface area (Å²) in [5.41, 5.74) is 2.63. The fourth-order valence-corrected chi connectivity index (χ4v) is 2.62. The number of aryl methyl sites for hydroxylation is 1. The Bertz CT molecular complexity index is 671. The van der Waals surface area contributed by atoms with Gasteiger partial charge >= 0.3 is 0 Å². The molecule has 6 nitrogen and oxygen atoms in total. The molecule has 0 spiro atoms. The first-order chi connectivity index (χ1) is 12.0. The SMILES string of the molecule is CCNC(=NCc1nncn1C)NC(C)c1ccc(CC(C)C)cc1. The number of benzene rings is 1. The first-order valence-electron chi connectivity index (χ1n) is 8.96. The molecule has 25 heavy (non-hydrogen) atoms. The number of hydrogen-bond acceptors (Lipinski definition) is 3. The number of guanidine groups is 1. The average Bonchev–Trinajstić information content (AvgIpc) is 2.98. The standard InChI is InChI=1S/C19H30N6/c1-6-20-19(21-12-18-24-22-13-25(18)5)23-15(4)17-9-7-16(8-10-17)11-14(2)3/h7-10,13-15H,6,11-12H2,1-5H3,(H2,20,21,23). The van der Waals surface area contributed by atoms with Crippen LogP contribution in [-0.2, 0) is 20.0 Å². The zero-order valence-electron chi connectivity index (χ0n) is 16.0. The van der Waals surface area contributed by atoms with Crippen LogP contribution in [0.1, 0.15) is 50.7 Å². The molecule has 2 aromatic rings. The quantitative estimate of drug-likeness (QED) is 0.600. The molecule has 0 amide bonds. The van der Waals surface area contributed by atoms with E-state index in [0.717, 1.165) is 24.7 Å². The van der Waals surface area contributed by atoms with Crippen molar-refractivity contribution in [3.63, 3.8) is 0 Å². The minimum Gasteiger partial charge on any atom is -0.357 e. The van der Waals surface area contributed by atoms with Gasteiger partial charge in [-0.05, 0) is 37.3 Å². The lowest BCUT2D eigenvalue weighted by molar-refractivity contribution is 0.645. The van der Waals surface area contributed by atoms with Gasteiger partial charge in [0, 0.05) is 13.6 Å². The van der Waals surface area contributed by atoms with Gasteiger partial charge in [-0.25, -0.2) is 4.99 Å². The van der Waals surface area contributed by atoms with E-state index in [1.54, 1.807) is 6.33 Å². The van der Waals surface area contributed by atoms with Gasteiger partial charge < -0.3 is 15.2 Å². The molecule has 2 rings (SSSR count). The molecule has 0 saturated heterocycles. The fraction of sp³-hybridized carbons (Fsp3) is 0.526. The van der Waals surface area contributed by atoms with Gasteiger partial charge in [0.05, 0.1) is 6.04 Å². The number of nitrogens with zero attached hydrogens (tertiary/aromatic N) is 4. The number of hydrogen-bond donors (Lipinski definition) is 2. The largest absolute Gasteiger partial charge is 0.357 e. The van der Waals surface area contributed by atoms with Crippen molar-refractivity contribution in [2.45, 2.75) is 46.7 Å². The van der Waals surface area contributed by atoms with E-state index in [9.17, 15) is 0 Å². The Morgan fingerprint density at radius 2 is 1.92 bits per heavy atom. The predicted octanol–water partition coefficient (Wildman–Crippen LogP) is 2.83.